The lowest BCUT2D eigenvalue weighted by molar-refractivity contribution is -1.02. The summed E-state index contributed by atoms with van der Waals surface area (Å²) in [6.45, 7) is 9.52. The third-order valence-corrected chi connectivity index (χ3v) is 5.28. The zero-order valence-corrected chi connectivity index (χ0v) is 16.7. The normalized spacial score (nSPS) is 19.5. The molecule has 5 heteroatoms. The van der Waals surface area contributed by atoms with Crippen LogP contribution in [0.1, 0.15) is 18.1 Å². The molecule has 1 heterocycles. The van der Waals surface area contributed by atoms with E-state index in [0.717, 1.165) is 30.3 Å². The zero-order chi connectivity index (χ0) is 19.1. The number of ether oxygens (including phenoxy) is 3. The van der Waals surface area contributed by atoms with Crippen molar-refractivity contribution < 1.29 is 24.0 Å². The highest BCUT2D eigenvalue weighted by atomic mass is 16.5. The number of hydrogen-bond donors (Lipinski definition) is 2. The largest absolute Gasteiger partial charge is 0.494 e. The fourth-order valence-electron chi connectivity index (χ4n) is 3.83. The summed E-state index contributed by atoms with van der Waals surface area (Å²) in [5.74, 6) is 2.64. The van der Waals surface area contributed by atoms with Gasteiger partial charge in [-0.25, -0.2) is 0 Å². The Labute approximate surface area is 162 Å². The number of para-hydroxylation sites is 1. The van der Waals surface area contributed by atoms with Crippen LogP contribution in [0.25, 0.3) is 0 Å². The Morgan fingerprint density at radius 1 is 0.815 bits per heavy atom. The molecule has 1 fully saturated rings. The topological polar surface area (TPSA) is 36.6 Å². The van der Waals surface area contributed by atoms with Gasteiger partial charge in [0.25, 0.3) is 0 Å². The molecule has 0 saturated carbocycles. The number of rotatable bonds is 8. The van der Waals surface area contributed by atoms with Crippen molar-refractivity contribution in [2.75, 3.05) is 47.0 Å². The minimum Gasteiger partial charge on any atom is -0.494 e. The van der Waals surface area contributed by atoms with E-state index in [2.05, 4.69) is 30.3 Å². The quantitative estimate of drug-likeness (QED) is 0.712. The second kappa shape index (κ2) is 9.62. The van der Waals surface area contributed by atoms with Crippen LogP contribution in [-0.4, -0.2) is 47.0 Å². The molecule has 3 rings (SSSR count). The Hall–Kier alpha value is -2.24. The molecule has 1 saturated heterocycles. The molecule has 0 aromatic heterocycles. The molecule has 0 amide bonds. The first-order valence-electron chi connectivity index (χ1n) is 9.82. The Kier molecular flexibility index (Phi) is 6.96. The van der Waals surface area contributed by atoms with Gasteiger partial charge in [0.1, 0.15) is 45.0 Å². The second-order valence-corrected chi connectivity index (χ2v) is 7.08. The van der Waals surface area contributed by atoms with Gasteiger partial charge in [-0.15, -0.1) is 0 Å². The number of nitrogens with one attached hydrogen (secondary N) is 2. The van der Waals surface area contributed by atoms with Crippen LogP contribution in [0.15, 0.2) is 42.5 Å². The summed E-state index contributed by atoms with van der Waals surface area (Å²) < 4.78 is 16.5. The molecule has 0 spiro atoms. The lowest BCUT2D eigenvalue weighted by Gasteiger charge is -2.30. The van der Waals surface area contributed by atoms with E-state index in [4.69, 9.17) is 14.2 Å². The number of methoxy groups -OCH3 is 2. The number of benzene rings is 2. The first kappa shape index (κ1) is 19.5. The first-order chi connectivity index (χ1) is 13.2. The molecule has 5 nitrogen and oxygen atoms in total. The van der Waals surface area contributed by atoms with Crippen molar-refractivity contribution in [3.8, 4) is 17.2 Å². The average Bonchev–Trinajstić information content (AvgIpc) is 2.71. The van der Waals surface area contributed by atoms with Crippen molar-refractivity contribution in [2.24, 2.45) is 0 Å². The lowest BCUT2D eigenvalue weighted by atomic mass is 10.1. The summed E-state index contributed by atoms with van der Waals surface area (Å²) in [7, 11) is 3.41. The van der Waals surface area contributed by atoms with E-state index in [-0.39, 0.29) is 0 Å². The highest BCUT2D eigenvalue weighted by molar-refractivity contribution is 5.46. The molecule has 146 valence electrons. The molecular weight excluding hydrogens is 340 g/mol. The van der Waals surface area contributed by atoms with E-state index >= 15 is 0 Å². The fourth-order valence-corrected chi connectivity index (χ4v) is 3.83. The van der Waals surface area contributed by atoms with E-state index in [9.17, 15) is 0 Å². The van der Waals surface area contributed by atoms with E-state index in [1.165, 1.54) is 37.3 Å². The van der Waals surface area contributed by atoms with Gasteiger partial charge in [0.15, 0.2) is 11.5 Å². The molecule has 2 N–H and O–H groups in total. The standard InChI is InChI=1S/C22H30N2O3/c1-4-27-20-10-8-18(9-11-20)16-23-12-14-24(15-13-23)17-19-6-5-7-21(25-2)22(19)26-3/h5-11H,4,12-17H2,1-3H3/p+2. The molecule has 0 radical (unpaired) electrons. The maximum absolute atomic E-state index is 5.58. The molecule has 1 aliphatic rings. The Morgan fingerprint density at radius 3 is 2.07 bits per heavy atom. The summed E-state index contributed by atoms with van der Waals surface area (Å²) in [6.07, 6.45) is 0. The molecule has 1 aliphatic heterocycles. The van der Waals surface area contributed by atoms with E-state index < -0.39 is 0 Å². The van der Waals surface area contributed by atoms with Crippen molar-refractivity contribution in [2.45, 2.75) is 20.0 Å². The van der Waals surface area contributed by atoms with Crippen LogP contribution in [-0.2, 0) is 13.1 Å². The van der Waals surface area contributed by atoms with Gasteiger partial charge < -0.3 is 24.0 Å². The van der Waals surface area contributed by atoms with Gasteiger partial charge in [0.05, 0.1) is 26.4 Å². The fraction of sp³-hybridized carbons (Fsp3) is 0.455. The highest BCUT2D eigenvalue weighted by Crippen LogP contribution is 2.30. The Bertz CT molecular complexity index is 710. The van der Waals surface area contributed by atoms with E-state index in [0.29, 0.717) is 6.61 Å². The monoisotopic (exact) mass is 372 g/mol. The summed E-state index contributed by atoms with van der Waals surface area (Å²) in [5.41, 5.74) is 2.60. The van der Waals surface area contributed by atoms with Crippen molar-refractivity contribution in [1.29, 1.82) is 0 Å². The average molecular weight is 373 g/mol. The van der Waals surface area contributed by atoms with Crippen LogP contribution in [0.4, 0.5) is 0 Å². The molecular formula is C22H32N2O3+2. The van der Waals surface area contributed by atoms with Crippen LogP contribution >= 0.6 is 0 Å². The van der Waals surface area contributed by atoms with Crippen molar-refractivity contribution in [1.82, 2.24) is 0 Å². The molecule has 2 aromatic carbocycles. The third kappa shape index (κ3) is 5.15. The Morgan fingerprint density at radius 2 is 1.48 bits per heavy atom. The summed E-state index contributed by atoms with van der Waals surface area (Å²) >= 11 is 0. The van der Waals surface area contributed by atoms with Gasteiger partial charge in [-0.3, -0.25) is 0 Å². The van der Waals surface area contributed by atoms with E-state index in [1.807, 2.05) is 19.1 Å². The van der Waals surface area contributed by atoms with E-state index in [1.54, 1.807) is 24.0 Å². The minimum absolute atomic E-state index is 0.716. The predicted octanol–water partition coefficient (Wildman–Crippen LogP) is 0.586. The van der Waals surface area contributed by atoms with Crippen LogP contribution in [0, 0.1) is 0 Å². The van der Waals surface area contributed by atoms with Crippen molar-refractivity contribution in [3.63, 3.8) is 0 Å². The van der Waals surface area contributed by atoms with Gasteiger partial charge in [-0.1, -0.05) is 6.07 Å². The summed E-state index contributed by atoms with van der Waals surface area (Å²) in [5, 5.41) is 0. The molecule has 0 unspecified atom stereocenters. The number of piperazine rings is 1. The van der Waals surface area contributed by atoms with Crippen LogP contribution < -0.4 is 24.0 Å². The second-order valence-electron chi connectivity index (χ2n) is 7.08. The minimum atomic E-state index is 0.716. The van der Waals surface area contributed by atoms with Gasteiger partial charge in [0.2, 0.25) is 0 Å². The molecule has 0 atom stereocenters. The van der Waals surface area contributed by atoms with Crippen LogP contribution in [0.5, 0.6) is 17.2 Å². The number of quaternary nitrogens is 2. The van der Waals surface area contributed by atoms with Gasteiger partial charge >= 0.3 is 0 Å². The molecule has 0 bridgehead atoms. The Balaban J connectivity index is 1.52. The lowest BCUT2D eigenvalue weighted by Crippen LogP contribution is -3.27. The van der Waals surface area contributed by atoms with Crippen molar-refractivity contribution >= 4 is 0 Å². The van der Waals surface area contributed by atoms with Gasteiger partial charge in [0, 0.05) is 5.56 Å². The molecule has 0 aliphatic carbocycles. The molecule has 2 aromatic rings. The highest BCUT2D eigenvalue weighted by Gasteiger charge is 2.24. The van der Waals surface area contributed by atoms with Crippen molar-refractivity contribution in [3.05, 3.63) is 53.6 Å². The summed E-state index contributed by atoms with van der Waals surface area (Å²) in [4.78, 5) is 3.26. The van der Waals surface area contributed by atoms with Crippen LogP contribution in [0.3, 0.4) is 0 Å². The summed E-state index contributed by atoms with van der Waals surface area (Å²) in [6, 6.07) is 14.7. The predicted molar refractivity (Wildman–Crippen MR) is 106 cm³/mol. The third-order valence-electron chi connectivity index (χ3n) is 5.28. The van der Waals surface area contributed by atoms with Gasteiger partial charge in [-0.2, -0.15) is 0 Å². The molecule has 27 heavy (non-hydrogen) atoms. The SMILES string of the molecule is CCOc1ccc(C[NH+]2CC[NH+](Cc3cccc(OC)c3OC)CC2)cc1. The van der Waals surface area contributed by atoms with Gasteiger partial charge in [-0.05, 0) is 43.3 Å². The first-order valence-corrected chi connectivity index (χ1v) is 9.82. The smallest absolute Gasteiger partial charge is 0.169 e. The zero-order valence-electron chi connectivity index (χ0n) is 16.7. The van der Waals surface area contributed by atoms with Crippen LogP contribution in [0.2, 0.25) is 0 Å². The maximum atomic E-state index is 5.58. The number of hydrogen-bond acceptors (Lipinski definition) is 3. The maximum Gasteiger partial charge on any atom is 0.169 e.